The van der Waals surface area contributed by atoms with E-state index < -0.39 is 0 Å². The summed E-state index contributed by atoms with van der Waals surface area (Å²) >= 11 is 3.57. The highest BCUT2D eigenvalue weighted by Crippen LogP contribution is 2.37. The molecule has 20 heavy (non-hydrogen) atoms. The van der Waals surface area contributed by atoms with Crippen molar-refractivity contribution in [3.8, 4) is 0 Å². The van der Waals surface area contributed by atoms with E-state index in [1.165, 1.54) is 22.5 Å². The monoisotopic (exact) mass is 326 g/mol. The van der Waals surface area contributed by atoms with Crippen LogP contribution in [-0.2, 0) is 6.42 Å². The van der Waals surface area contributed by atoms with Crippen molar-refractivity contribution in [3.05, 3.63) is 63.9 Å². The van der Waals surface area contributed by atoms with Crippen LogP contribution in [0.5, 0.6) is 0 Å². The molecule has 3 heteroatoms. The molecule has 100 valence electrons. The molecule has 0 fully saturated rings. The summed E-state index contributed by atoms with van der Waals surface area (Å²) in [6.07, 6.45) is 2.21. The van der Waals surface area contributed by atoms with Crippen LogP contribution in [-0.4, -0.2) is 9.55 Å². The third-order valence-electron chi connectivity index (χ3n) is 4.23. The molecule has 4 rings (SSSR count). The first-order chi connectivity index (χ1) is 9.74. The number of rotatable bonds is 1. The van der Waals surface area contributed by atoms with Gasteiger partial charge in [0.1, 0.15) is 5.82 Å². The van der Waals surface area contributed by atoms with Gasteiger partial charge in [0.2, 0.25) is 0 Å². The third kappa shape index (κ3) is 1.73. The number of benzene rings is 2. The Bertz CT molecular complexity index is 804. The van der Waals surface area contributed by atoms with E-state index >= 15 is 0 Å². The van der Waals surface area contributed by atoms with Gasteiger partial charge in [-0.15, -0.1) is 0 Å². The van der Waals surface area contributed by atoms with Crippen LogP contribution in [0.15, 0.2) is 46.9 Å². The van der Waals surface area contributed by atoms with Crippen molar-refractivity contribution in [1.29, 1.82) is 0 Å². The van der Waals surface area contributed by atoms with Gasteiger partial charge in [-0.05, 0) is 42.7 Å². The van der Waals surface area contributed by atoms with Crippen LogP contribution in [0.3, 0.4) is 0 Å². The van der Waals surface area contributed by atoms with Crippen LogP contribution in [0.2, 0.25) is 0 Å². The summed E-state index contributed by atoms with van der Waals surface area (Å²) in [6.45, 7) is 2.20. The SMILES string of the molecule is Cc1ccccc1C1CCc2nc3ccc(Br)cc3n21. The number of fused-ring (bicyclic) bond motifs is 3. The minimum absolute atomic E-state index is 0.422. The molecule has 0 spiro atoms. The lowest BCUT2D eigenvalue weighted by Gasteiger charge is -2.17. The van der Waals surface area contributed by atoms with Crippen molar-refractivity contribution < 1.29 is 0 Å². The van der Waals surface area contributed by atoms with Gasteiger partial charge < -0.3 is 4.57 Å². The first-order valence-electron chi connectivity index (χ1n) is 6.96. The molecule has 0 saturated heterocycles. The van der Waals surface area contributed by atoms with E-state index in [9.17, 15) is 0 Å². The molecule has 2 aromatic carbocycles. The Morgan fingerprint density at radius 2 is 2.05 bits per heavy atom. The number of aryl methyl sites for hydroxylation is 2. The molecule has 1 atom stereocenters. The highest BCUT2D eigenvalue weighted by atomic mass is 79.9. The average Bonchev–Trinajstić information content (AvgIpc) is 2.99. The zero-order valence-corrected chi connectivity index (χ0v) is 12.9. The predicted molar refractivity (Wildman–Crippen MR) is 85.1 cm³/mol. The molecule has 0 amide bonds. The van der Waals surface area contributed by atoms with Gasteiger partial charge in [-0.25, -0.2) is 4.98 Å². The predicted octanol–water partition coefficient (Wildman–Crippen LogP) is 4.64. The number of hydrogen-bond acceptors (Lipinski definition) is 1. The normalized spacial score (nSPS) is 17.6. The molecule has 1 aromatic heterocycles. The van der Waals surface area contributed by atoms with E-state index in [2.05, 4.69) is 69.9 Å². The van der Waals surface area contributed by atoms with Gasteiger partial charge in [0.15, 0.2) is 0 Å². The van der Waals surface area contributed by atoms with Gasteiger partial charge in [0.25, 0.3) is 0 Å². The lowest BCUT2D eigenvalue weighted by atomic mass is 9.99. The largest absolute Gasteiger partial charge is 0.320 e. The number of nitrogens with zero attached hydrogens (tertiary/aromatic N) is 2. The van der Waals surface area contributed by atoms with Crippen molar-refractivity contribution in [2.24, 2.45) is 0 Å². The fraction of sp³-hybridized carbons (Fsp3) is 0.235. The zero-order chi connectivity index (χ0) is 13.7. The lowest BCUT2D eigenvalue weighted by molar-refractivity contribution is 0.633. The molecule has 1 aliphatic heterocycles. The summed E-state index contributed by atoms with van der Waals surface area (Å²) in [7, 11) is 0. The van der Waals surface area contributed by atoms with E-state index in [0.29, 0.717) is 6.04 Å². The highest BCUT2D eigenvalue weighted by molar-refractivity contribution is 9.10. The summed E-state index contributed by atoms with van der Waals surface area (Å²) in [5, 5.41) is 0. The summed E-state index contributed by atoms with van der Waals surface area (Å²) in [5.74, 6) is 1.21. The maximum Gasteiger partial charge on any atom is 0.110 e. The van der Waals surface area contributed by atoms with Gasteiger partial charge in [0, 0.05) is 10.9 Å². The van der Waals surface area contributed by atoms with Crippen LogP contribution >= 0.6 is 15.9 Å². The number of halogens is 1. The first kappa shape index (κ1) is 12.2. The van der Waals surface area contributed by atoms with E-state index in [4.69, 9.17) is 4.98 Å². The highest BCUT2D eigenvalue weighted by Gasteiger charge is 2.27. The molecule has 0 radical (unpaired) electrons. The van der Waals surface area contributed by atoms with Crippen LogP contribution in [0.25, 0.3) is 11.0 Å². The van der Waals surface area contributed by atoms with E-state index in [1.807, 2.05) is 0 Å². The average molecular weight is 327 g/mol. The quantitative estimate of drug-likeness (QED) is 0.636. The van der Waals surface area contributed by atoms with Crippen molar-refractivity contribution in [3.63, 3.8) is 0 Å². The van der Waals surface area contributed by atoms with Gasteiger partial charge in [-0.2, -0.15) is 0 Å². The maximum atomic E-state index is 4.78. The van der Waals surface area contributed by atoms with E-state index in [1.54, 1.807) is 0 Å². The number of hydrogen-bond donors (Lipinski definition) is 0. The molecular formula is C17H15BrN2. The third-order valence-corrected chi connectivity index (χ3v) is 4.72. The van der Waals surface area contributed by atoms with Crippen LogP contribution in [0.4, 0.5) is 0 Å². The molecular weight excluding hydrogens is 312 g/mol. The maximum absolute atomic E-state index is 4.78. The van der Waals surface area contributed by atoms with Gasteiger partial charge in [-0.1, -0.05) is 40.2 Å². The molecule has 0 saturated carbocycles. The zero-order valence-electron chi connectivity index (χ0n) is 11.3. The molecule has 2 nitrogen and oxygen atoms in total. The molecule has 2 heterocycles. The smallest absolute Gasteiger partial charge is 0.110 e. The van der Waals surface area contributed by atoms with Crippen molar-refractivity contribution in [2.75, 3.05) is 0 Å². The second-order valence-electron chi connectivity index (χ2n) is 5.44. The fourth-order valence-corrected chi connectivity index (χ4v) is 3.64. The second kappa shape index (κ2) is 4.45. The summed E-state index contributed by atoms with van der Waals surface area (Å²) in [5.41, 5.74) is 5.12. The molecule has 1 aliphatic rings. The first-order valence-corrected chi connectivity index (χ1v) is 7.75. The topological polar surface area (TPSA) is 17.8 Å². The van der Waals surface area contributed by atoms with E-state index in [0.717, 1.165) is 22.8 Å². The second-order valence-corrected chi connectivity index (χ2v) is 6.36. The molecule has 3 aromatic rings. The number of imidazole rings is 1. The summed E-state index contributed by atoms with van der Waals surface area (Å²) < 4.78 is 3.53. The van der Waals surface area contributed by atoms with Crippen LogP contribution < -0.4 is 0 Å². The Balaban J connectivity index is 1.95. The van der Waals surface area contributed by atoms with Gasteiger partial charge in [-0.3, -0.25) is 0 Å². The van der Waals surface area contributed by atoms with Crippen LogP contribution in [0.1, 0.15) is 29.4 Å². The minimum Gasteiger partial charge on any atom is -0.320 e. The Hall–Kier alpha value is -1.61. The molecule has 0 N–H and O–H groups in total. The van der Waals surface area contributed by atoms with Gasteiger partial charge in [0.05, 0.1) is 17.1 Å². The summed E-state index contributed by atoms with van der Waals surface area (Å²) in [4.78, 5) is 4.78. The van der Waals surface area contributed by atoms with Crippen molar-refractivity contribution >= 4 is 27.0 Å². The number of aromatic nitrogens is 2. The summed E-state index contributed by atoms with van der Waals surface area (Å²) in [6, 6.07) is 15.5. The van der Waals surface area contributed by atoms with Gasteiger partial charge >= 0.3 is 0 Å². The van der Waals surface area contributed by atoms with Crippen molar-refractivity contribution in [1.82, 2.24) is 9.55 Å². The molecule has 0 aliphatic carbocycles. The Morgan fingerprint density at radius 3 is 2.90 bits per heavy atom. The van der Waals surface area contributed by atoms with Crippen molar-refractivity contribution in [2.45, 2.75) is 25.8 Å². The fourth-order valence-electron chi connectivity index (χ4n) is 3.29. The molecule has 1 unspecified atom stereocenters. The van der Waals surface area contributed by atoms with E-state index in [-0.39, 0.29) is 0 Å². The van der Waals surface area contributed by atoms with Crippen LogP contribution in [0, 0.1) is 6.92 Å². The standard InChI is InChI=1S/C17H15BrN2/c1-11-4-2-3-5-13(11)15-8-9-17-19-14-7-6-12(18)10-16(14)20(15)17/h2-7,10,15H,8-9H2,1H3. The lowest BCUT2D eigenvalue weighted by Crippen LogP contribution is -2.07. The molecule has 0 bridgehead atoms. The minimum atomic E-state index is 0.422. The Labute approximate surface area is 126 Å². The Morgan fingerprint density at radius 1 is 1.20 bits per heavy atom. The Kier molecular flexibility index (Phi) is 2.71.